The van der Waals surface area contributed by atoms with Crippen LogP contribution in [0.2, 0.25) is 5.02 Å². The fourth-order valence-electron chi connectivity index (χ4n) is 4.33. The molecule has 0 saturated heterocycles. The highest BCUT2D eigenvalue weighted by molar-refractivity contribution is 6.31. The molecule has 1 atom stereocenters. The van der Waals surface area contributed by atoms with Crippen molar-refractivity contribution in [3.8, 4) is 0 Å². The largest absolute Gasteiger partial charge is 0.478 e. The number of halogens is 1. The Morgan fingerprint density at radius 2 is 1.82 bits per heavy atom. The second-order valence-corrected chi connectivity index (χ2v) is 9.16. The smallest absolute Gasteiger partial charge is 0.335 e. The number of nitrogens with one attached hydrogen (secondary N) is 2. The van der Waals surface area contributed by atoms with Gasteiger partial charge in [0.05, 0.1) is 5.56 Å². The Morgan fingerprint density at radius 3 is 2.47 bits per heavy atom. The van der Waals surface area contributed by atoms with E-state index in [0.29, 0.717) is 30.1 Å². The monoisotopic (exact) mass is 530 g/mol. The third kappa shape index (κ3) is 6.41. The minimum absolute atomic E-state index is 0.115. The molecule has 1 unspecified atom stereocenters. The number of amides is 2. The predicted molar refractivity (Wildman–Crippen MR) is 149 cm³/mol. The van der Waals surface area contributed by atoms with Crippen molar-refractivity contribution >= 4 is 46.3 Å². The van der Waals surface area contributed by atoms with Crippen LogP contribution in [-0.2, 0) is 16.0 Å². The zero-order valence-electron chi connectivity index (χ0n) is 20.4. The number of nitrogens with zero attached hydrogens (tertiary/aromatic N) is 1. The van der Waals surface area contributed by atoms with Gasteiger partial charge in [0, 0.05) is 53.4 Å². The van der Waals surface area contributed by atoms with Crippen molar-refractivity contribution in [2.45, 2.75) is 18.9 Å². The zero-order chi connectivity index (χ0) is 27.1. The lowest BCUT2D eigenvalue weighted by atomic mass is 9.95. The quantitative estimate of drug-likeness (QED) is 0.316. The van der Waals surface area contributed by atoms with Gasteiger partial charge in [0.2, 0.25) is 11.8 Å². The first-order valence-corrected chi connectivity index (χ1v) is 12.4. The highest BCUT2D eigenvalue weighted by Gasteiger charge is 2.32. The molecule has 1 heterocycles. The minimum Gasteiger partial charge on any atom is -0.478 e. The van der Waals surface area contributed by atoms with Crippen molar-refractivity contribution in [3.63, 3.8) is 0 Å². The second-order valence-electron chi connectivity index (χ2n) is 8.72. The number of hydrogen-bond acceptors (Lipinski definition) is 5. The van der Waals surface area contributed by atoms with Gasteiger partial charge in [0.1, 0.15) is 6.04 Å². The average Bonchev–Trinajstić information content (AvgIpc) is 2.92. The maximum absolute atomic E-state index is 13.5. The van der Waals surface area contributed by atoms with Gasteiger partial charge in [-0.15, -0.1) is 0 Å². The van der Waals surface area contributed by atoms with E-state index in [1.54, 1.807) is 29.3 Å². The Hall–Kier alpha value is -4.56. The summed E-state index contributed by atoms with van der Waals surface area (Å²) in [7, 11) is 0. The number of carbonyl (C=O) groups is 3. The molecule has 0 bridgehead atoms. The Labute approximate surface area is 225 Å². The first-order chi connectivity index (χ1) is 18.4. The summed E-state index contributed by atoms with van der Waals surface area (Å²) in [5, 5.41) is 15.6. The van der Waals surface area contributed by atoms with E-state index in [0.717, 1.165) is 22.4 Å². The van der Waals surface area contributed by atoms with Crippen molar-refractivity contribution < 1.29 is 19.5 Å². The van der Waals surface area contributed by atoms with Crippen LogP contribution in [0.4, 0.5) is 11.4 Å². The Morgan fingerprint density at radius 1 is 1.08 bits per heavy atom. The lowest BCUT2D eigenvalue weighted by Crippen LogP contribution is -2.49. The van der Waals surface area contributed by atoms with Gasteiger partial charge in [-0.1, -0.05) is 41.9 Å². The fourth-order valence-corrected chi connectivity index (χ4v) is 4.50. The Balaban J connectivity index is 1.60. The number of aromatic carboxylic acids is 1. The van der Waals surface area contributed by atoms with Crippen LogP contribution in [0.5, 0.6) is 0 Å². The van der Waals surface area contributed by atoms with Crippen LogP contribution in [0.25, 0.3) is 5.57 Å². The van der Waals surface area contributed by atoms with E-state index < -0.39 is 12.0 Å². The van der Waals surface area contributed by atoms with E-state index in [1.807, 2.05) is 36.4 Å². The van der Waals surface area contributed by atoms with Gasteiger partial charge < -0.3 is 26.4 Å². The van der Waals surface area contributed by atoms with Gasteiger partial charge in [0.25, 0.3) is 0 Å². The second kappa shape index (κ2) is 12.1. The number of carbonyl (C=O) groups excluding carboxylic acids is 2. The van der Waals surface area contributed by atoms with E-state index in [2.05, 4.69) is 10.6 Å². The topological polar surface area (TPSA) is 125 Å². The van der Waals surface area contributed by atoms with Crippen LogP contribution in [0.15, 0.2) is 91.3 Å². The molecular weight excluding hydrogens is 504 g/mol. The van der Waals surface area contributed by atoms with Gasteiger partial charge in [-0.25, -0.2) is 4.79 Å². The zero-order valence-corrected chi connectivity index (χ0v) is 21.2. The van der Waals surface area contributed by atoms with Crippen molar-refractivity contribution in [3.05, 3.63) is 113 Å². The van der Waals surface area contributed by atoms with E-state index in [1.165, 1.54) is 30.5 Å². The summed E-state index contributed by atoms with van der Waals surface area (Å²) in [5.74, 6) is -1.70. The highest BCUT2D eigenvalue weighted by Crippen LogP contribution is 2.32. The lowest BCUT2D eigenvalue weighted by Gasteiger charge is -2.34. The van der Waals surface area contributed by atoms with E-state index in [9.17, 15) is 14.4 Å². The summed E-state index contributed by atoms with van der Waals surface area (Å²) in [5.41, 5.74) is 9.27. The van der Waals surface area contributed by atoms with Crippen LogP contribution in [0.3, 0.4) is 0 Å². The third-order valence-electron chi connectivity index (χ3n) is 6.22. The molecule has 3 aromatic carbocycles. The summed E-state index contributed by atoms with van der Waals surface area (Å²) >= 11 is 6.24. The van der Waals surface area contributed by atoms with Gasteiger partial charge in [-0.2, -0.15) is 0 Å². The fraction of sp³-hybridized carbons (Fsp3) is 0.138. The molecule has 8 nitrogen and oxygen atoms in total. The number of carboxylic acids is 1. The number of hydrogen-bond donors (Lipinski definition) is 4. The van der Waals surface area contributed by atoms with Crippen LogP contribution in [0.1, 0.15) is 27.9 Å². The summed E-state index contributed by atoms with van der Waals surface area (Å²) < 4.78 is 0. The van der Waals surface area contributed by atoms with Crippen LogP contribution >= 0.6 is 11.6 Å². The van der Waals surface area contributed by atoms with Crippen LogP contribution < -0.4 is 16.4 Å². The van der Waals surface area contributed by atoms with Gasteiger partial charge in [-0.05, 0) is 60.0 Å². The molecule has 9 heteroatoms. The maximum Gasteiger partial charge on any atom is 0.335 e. The molecule has 4 rings (SSSR count). The SMILES string of the molecule is N/C=C\Nc1ccc(Cl)cc1C1=CC(=O)N(C(Cc2ccccc2)C(=O)Nc2ccc(C(=O)O)cc2)CC1. The standard InChI is InChI=1S/C29H27ClN4O4/c30-22-8-11-25(32-14-13-31)24(18-22)21-12-15-34(27(35)17-21)26(16-19-4-2-1-3-5-19)28(36)33-23-9-6-20(7-10-23)29(37)38/h1-11,13-14,17-18,26,32H,12,15-16,31H2,(H,33,36)(H,37,38)/b14-13-. The lowest BCUT2D eigenvalue weighted by molar-refractivity contribution is -0.135. The molecule has 0 radical (unpaired) electrons. The van der Waals surface area contributed by atoms with E-state index >= 15 is 0 Å². The Kier molecular flexibility index (Phi) is 8.45. The maximum atomic E-state index is 13.5. The molecule has 0 aromatic heterocycles. The van der Waals surface area contributed by atoms with Gasteiger partial charge in [-0.3, -0.25) is 9.59 Å². The molecule has 0 aliphatic carbocycles. The number of nitrogens with two attached hydrogens (primary N) is 1. The van der Waals surface area contributed by atoms with Crippen molar-refractivity contribution in [1.29, 1.82) is 0 Å². The predicted octanol–water partition coefficient (Wildman–Crippen LogP) is 4.75. The third-order valence-corrected chi connectivity index (χ3v) is 6.45. The van der Waals surface area contributed by atoms with E-state index in [4.69, 9.17) is 22.4 Å². The minimum atomic E-state index is -1.05. The first-order valence-electron chi connectivity index (χ1n) is 12.0. The molecule has 194 valence electrons. The summed E-state index contributed by atoms with van der Waals surface area (Å²) in [6, 6.07) is 19.9. The Bertz CT molecular complexity index is 1390. The van der Waals surface area contributed by atoms with Crippen molar-refractivity contribution in [2.75, 3.05) is 17.2 Å². The van der Waals surface area contributed by atoms with Crippen LogP contribution in [-0.4, -0.2) is 40.4 Å². The molecule has 0 spiro atoms. The molecule has 1 aliphatic heterocycles. The molecule has 1 aliphatic rings. The number of anilines is 2. The molecule has 3 aromatic rings. The first kappa shape index (κ1) is 26.5. The summed E-state index contributed by atoms with van der Waals surface area (Å²) in [6.07, 6.45) is 5.34. The molecular formula is C29H27ClN4O4. The number of benzene rings is 3. The van der Waals surface area contributed by atoms with Gasteiger partial charge >= 0.3 is 5.97 Å². The number of rotatable bonds is 9. The highest BCUT2D eigenvalue weighted by atomic mass is 35.5. The molecule has 0 fully saturated rings. The number of carboxylic acid groups (broad SMARTS) is 1. The van der Waals surface area contributed by atoms with Crippen molar-refractivity contribution in [2.24, 2.45) is 5.73 Å². The van der Waals surface area contributed by atoms with E-state index in [-0.39, 0.29) is 17.4 Å². The summed E-state index contributed by atoms with van der Waals surface area (Å²) in [4.78, 5) is 39.6. The van der Waals surface area contributed by atoms with Gasteiger partial charge in [0.15, 0.2) is 0 Å². The van der Waals surface area contributed by atoms with Crippen LogP contribution in [0, 0.1) is 0 Å². The molecule has 38 heavy (non-hydrogen) atoms. The molecule has 0 saturated carbocycles. The summed E-state index contributed by atoms with van der Waals surface area (Å²) in [6.45, 7) is 0.326. The average molecular weight is 531 g/mol. The molecule has 5 N–H and O–H groups in total. The van der Waals surface area contributed by atoms with Crippen molar-refractivity contribution in [1.82, 2.24) is 4.90 Å². The normalized spacial score (nSPS) is 14.2. The molecule has 2 amide bonds.